The maximum atomic E-state index is 15.0. The molecule has 2 aliphatic rings. The third-order valence-electron chi connectivity index (χ3n) is 5.64. The average molecular weight is 417 g/mol. The van der Waals surface area contributed by atoms with E-state index in [4.69, 9.17) is 10.6 Å². The van der Waals surface area contributed by atoms with E-state index in [0.29, 0.717) is 25.3 Å². The molecule has 0 aromatic carbocycles. The van der Waals surface area contributed by atoms with Crippen LogP contribution in [0.1, 0.15) is 42.1 Å². The quantitative estimate of drug-likeness (QED) is 0.658. The van der Waals surface area contributed by atoms with Crippen LogP contribution in [0.4, 0.5) is 10.2 Å². The van der Waals surface area contributed by atoms with Gasteiger partial charge in [-0.3, -0.25) is 4.79 Å². The number of nitrogens with two attached hydrogens (primary N) is 1. The molecule has 3 heterocycles. The van der Waals surface area contributed by atoms with Gasteiger partial charge in [0.05, 0.1) is 17.6 Å². The lowest BCUT2D eigenvalue weighted by molar-refractivity contribution is 0.0695. The molecule has 1 aliphatic heterocycles. The Bertz CT molecular complexity index is 1080. The van der Waals surface area contributed by atoms with Gasteiger partial charge in [-0.25, -0.2) is 14.2 Å². The Balaban J connectivity index is 1.79. The fraction of sp³-hybridized carbons (Fsp3) is 0.500. The summed E-state index contributed by atoms with van der Waals surface area (Å²) in [7, 11) is 1.47. The number of carbonyl (C=O) groups is 1. The number of anilines is 1. The van der Waals surface area contributed by atoms with Crippen LogP contribution < -0.4 is 16.1 Å². The Morgan fingerprint density at radius 1 is 1.47 bits per heavy atom. The van der Waals surface area contributed by atoms with Crippen molar-refractivity contribution in [2.45, 2.75) is 31.7 Å². The van der Waals surface area contributed by atoms with E-state index in [1.165, 1.54) is 13.3 Å². The molecule has 30 heavy (non-hydrogen) atoms. The first-order chi connectivity index (χ1) is 14.4. The third-order valence-corrected chi connectivity index (χ3v) is 5.64. The highest BCUT2D eigenvalue weighted by molar-refractivity contribution is 5.95. The van der Waals surface area contributed by atoms with E-state index in [1.807, 2.05) is 0 Å². The van der Waals surface area contributed by atoms with Gasteiger partial charge in [0.2, 0.25) is 5.43 Å². The summed E-state index contributed by atoms with van der Waals surface area (Å²) in [6.45, 7) is 1.43. The normalized spacial score (nSPS) is 20.3. The SMILES string of the molecule is CO/N=C1\CN(c2nc3c(cc2F)c(=O)c(C(=O)O)cn3C2CC2)CC1CCCN. The van der Waals surface area contributed by atoms with Crippen molar-refractivity contribution >= 4 is 28.5 Å². The molecule has 0 radical (unpaired) electrons. The van der Waals surface area contributed by atoms with E-state index in [9.17, 15) is 14.7 Å². The number of hydrogen-bond donors (Lipinski definition) is 2. The zero-order chi connectivity index (χ0) is 21.4. The molecule has 0 amide bonds. The van der Waals surface area contributed by atoms with Crippen molar-refractivity contribution in [2.75, 3.05) is 31.6 Å². The van der Waals surface area contributed by atoms with Crippen molar-refractivity contribution < 1.29 is 19.1 Å². The molecule has 1 saturated heterocycles. The Labute approximate surface area is 171 Å². The van der Waals surface area contributed by atoms with Crippen LogP contribution in [0.2, 0.25) is 0 Å². The standard InChI is InChI=1S/C20H24FN5O4/c1-30-24-16-10-25(8-11(16)3-2-6-22)19-15(21)7-13-17(27)14(20(28)29)9-26(12-4-5-12)18(13)23-19/h7,9,11-12H,2-6,8,10,22H2,1H3,(H,28,29)/b24-16+. The minimum Gasteiger partial charge on any atom is -0.477 e. The van der Waals surface area contributed by atoms with Crippen LogP contribution in [0.15, 0.2) is 22.2 Å². The molecule has 2 fully saturated rings. The van der Waals surface area contributed by atoms with Gasteiger partial charge >= 0.3 is 5.97 Å². The Hall–Kier alpha value is -3.01. The van der Waals surface area contributed by atoms with Gasteiger partial charge in [-0.15, -0.1) is 0 Å². The second-order valence-corrected chi connectivity index (χ2v) is 7.75. The summed E-state index contributed by atoms with van der Waals surface area (Å²) < 4.78 is 16.7. The first kappa shape index (κ1) is 20.3. The first-order valence-corrected chi connectivity index (χ1v) is 9.98. The predicted molar refractivity (Wildman–Crippen MR) is 110 cm³/mol. The lowest BCUT2D eigenvalue weighted by Gasteiger charge is -2.19. The molecule has 2 aromatic rings. The van der Waals surface area contributed by atoms with Crippen LogP contribution in [-0.2, 0) is 4.84 Å². The van der Waals surface area contributed by atoms with Gasteiger partial charge in [-0.2, -0.15) is 0 Å². The molecule has 1 atom stereocenters. The first-order valence-electron chi connectivity index (χ1n) is 9.98. The summed E-state index contributed by atoms with van der Waals surface area (Å²) in [5.41, 5.74) is 5.63. The zero-order valence-electron chi connectivity index (χ0n) is 16.7. The van der Waals surface area contributed by atoms with Crippen molar-refractivity contribution in [1.29, 1.82) is 0 Å². The molecule has 1 aliphatic carbocycles. The molecule has 1 saturated carbocycles. The van der Waals surface area contributed by atoms with E-state index in [0.717, 1.165) is 37.5 Å². The second kappa shape index (κ2) is 8.02. The van der Waals surface area contributed by atoms with Gasteiger partial charge in [0.25, 0.3) is 0 Å². The lowest BCUT2D eigenvalue weighted by Crippen LogP contribution is -2.25. The van der Waals surface area contributed by atoms with Crippen molar-refractivity contribution in [1.82, 2.24) is 9.55 Å². The molecule has 1 unspecified atom stereocenters. The fourth-order valence-electron chi connectivity index (χ4n) is 4.01. The number of rotatable bonds is 7. The number of oxime groups is 1. The number of aromatic nitrogens is 2. The molecule has 10 heteroatoms. The summed E-state index contributed by atoms with van der Waals surface area (Å²) in [6, 6.07) is 1.17. The average Bonchev–Trinajstić information content (AvgIpc) is 3.48. The minimum atomic E-state index is -1.33. The molecule has 9 nitrogen and oxygen atoms in total. The number of fused-ring (bicyclic) bond motifs is 1. The number of carboxylic acid groups (broad SMARTS) is 1. The number of halogens is 1. The summed E-state index contributed by atoms with van der Waals surface area (Å²) in [4.78, 5) is 35.3. The van der Waals surface area contributed by atoms with E-state index < -0.39 is 17.2 Å². The molecule has 0 spiro atoms. The van der Waals surface area contributed by atoms with Crippen LogP contribution in [0.5, 0.6) is 0 Å². The molecular formula is C20H24FN5O4. The molecule has 2 aromatic heterocycles. The number of hydrogen-bond acceptors (Lipinski definition) is 7. The van der Waals surface area contributed by atoms with Crippen LogP contribution >= 0.6 is 0 Å². The highest BCUT2D eigenvalue weighted by Crippen LogP contribution is 2.37. The van der Waals surface area contributed by atoms with Crippen LogP contribution in [0, 0.1) is 11.7 Å². The lowest BCUT2D eigenvalue weighted by atomic mass is 10.0. The maximum Gasteiger partial charge on any atom is 0.341 e. The van der Waals surface area contributed by atoms with Crippen molar-refractivity contribution in [3.8, 4) is 0 Å². The third kappa shape index (κ3) is 3.62. The second-order valence-electron chi connectivity index (χ2n) is 7.75. The minimum absolute atomic E-state index is 0.0206. The van der Waals surface area contributed by atoms with E-state index in [-0.39, 0.29) is 28.7 Å². The van der Waals surface area contributed by atoms with Gasteiger partial charge in [0.15, 0.2) is 11.6 Å². The van der Waals surface area contributed by atoms with Crippen molar-refractivity contribution in [2.24, 2.45) is 16.8 Å². The van der Waals surface area contributed by atoms with Gasteiger partial charge < -0.3 is 25.1 Å². The molecule has 4 rings (SSSR count). The Morgan fingerprint density at radius 2 is 2.23 bits per heavy atom. The highest BCUT2D eigenvalue weighted by Gasteiger charge is 2.33. The van der Waals surface area contributed by atoms with Crippen molar-refractivity contribution in [3.63, 3.8) is 0 Å². The fourth-order valence-corrected chi connectivity index (χ4v) is 4.01. The largest absolute Gasteiger partial charge is 0.477 e. The van der Waals surface area contributed by atoms with Gasteiger partial charge in [-0.1, -0.05) is 5.16 Å². The van der Waals surface area contributed by atoms with Crippen LogP contribution in [0.25, 0.3) is 11.0 Å². The smallest absolute Gasteiger partial charge is 0.341 e. The molecular weight excluding hydrogens is 393 g/mol. The molecule has 160 valence electrons. The van der Waals surface area contributed by atoms with E-state index in [1.54, 1.807) is 9.47 Å². The predicted octanol–water partition coefficient (Wildman–Crippen LogP) is 1.75. The number of nitrogens with zero attached hydrogens (tertiary/aromatic N) is 4. The highest BCUT2D eigenvalue weighted by atomic mass is 19.1. The summed E-state index contributed by atoms with van der Waals surface area (Å²) in [5.74, 6) is -1.80. The Kier molecular flexibility index (Phi) is 5.42. The van der Waals surface area contributed by atoms with Crippen molar-refractivity contribution in [3.05, 3.63) is 33.9 Å². The number of aromatic carboxylic acids is 1. The summed E-state index contributed by atoms with van der Waals surface area (Å²) in [5, 5.41) is 13.4. The summed E-state index contributed by atoms with van der Waals surface area (Å²) >= 11 is 0. The Morgan fingerprint density at radius 3 is 2.87 bits per heavy atom. The van der Waals surface area contributed by atoms with Gasteiger partial charge in [0, 0.05) is 24.7 Å². The van der Waals surface area contributed by atoms with E-state index in [2.05, 4.69) is 10.1 Å². The van der Waals surface area contributed by atoms with Crippen LogP contribution in [-0.4, -0.2) is 53.1 Å². The number of carboxylic acids is 1. The van der Waals surface area contributed by atoms with Gasteiger partial charge in [-0.05, 0) is 38.3 Å². The zero-order valence-corrected chi connectivity index (χ0v) is 16.7. The topological polar surface area (TPSA) is 123 Å². The van der Waals surface area contributed by atoms with Crippen LogP contribution in [0.3, 0.4) is 0 Å². The number of pyridine rings is 2. The molecule has 3 N–H and O–H groups in total. The van der Waals surface area contributed by atoms with E-state index >= 15 is 4.39 Å². The molecule has 0 bridgehead atoms. The summed E-state index contributed by atoms with van der Waals surface area (Å²) in [6.07, 6.45) is 4.67. The maximum absolute atomic E-state index is 15.0. The van der Waals surface area contributed by atoms with Gasteiger partial charge in [0.1, 0.15) is 18.3 Å². The monoisotopic (exact) mass is 417 g/mol.